The summed E-state index contributed by atoms with van der Waals surface area (Å²) in [7, 11) is 0. The third kappa shape index (κ3) is 9.79. The van der Waals surface area contributed by atoms with E-state index < -0.39 is 65.7 Å². The highest BCUT2D eigenvalue weighted by molar-refractivity contribution is 5.97. The molecule has 6 amide bonds. The topological polar surface area (TPSA) is 166 Å². The Morgan fingerprint density at radius 1 is 0.721 bits per heavy atom. The average Bonchev–Trinajstić information content (AvgIpc) is 3.44. The van der Waals surface area contributed by atoms with Gasteiger partial charge >= 0.3 is 0 Å². The lowest BCUT2D eigenvalue weighted by atomic mass is 10.0. The number of rotatable bonds is 6. The lowest BCUT2D eigenvalue weighted by molar-refractivity contribution is -0.140. The fraction of sp³-hybridized carbons (Fsp3) is 0.613. The van der Waals surface area contributed by atoms with Gasteiger partial charge in [0.15, 0.2) is 0 Å². The van der Waals surface area contributed by atoms with E-state index in [0.717, 1.165) is 5.56 Å². The van der Waals surface area contributed by atoms with E-state index in [1.807, 2.05) is 58.0 Å². The first-order chi connectivity index (χ1) is 20.3. The zero-order chi connectivity index (χ0) is 31.7. The maximum Gasteiger partial charge on any atom is 0.243 e. The number of benzene rings is 1. The molecule has 5 atom stereocenters. The lowest BCUT2D eigenvalue weighted by Gasteiger charge is -2.29. The number of carbonyl (C=O) groups is 6. The van der Waals surface area contributed by atoms with Crippen LogP contribution in [0.1, 0.15) is 65.9 Å². The first-order valence-corrected chi connectivity index (χ1v) is 15.2. The fourth-order valence-corrected chi connectivity index (χ4v) is 5.41. The van der Waals surface area contributed by atoms with Crippen molar-refractivity contribution in [3.05, 3.63) is 35.9 Å². The van der Waals surface area contributed by atoms with Crippen LogP contribution in [0.3, 0.4) is 0 Å². The summed E-state index contributed by atoms with van der Waals surface area (Å²) >= 11 is 0. The molecule has 2 aliphatic heterocycles. The molecule has 2 fully saturated rings. The Kier molecular flexibility index (Phi) is 12.1. The second-order valence-corrected chi connectivity index (χ2v) is 12.3. The SMILES string of the molecule is CC(C)C[C@@H]1NC(=O)[C@H](C)NC(=O)[C@H](CC(C)C)NC(=O)[C@@H]2CCCN2C(=O)CNC(=O)[C@H](Cc2ccccc2)NC1=O. The summed E-state index contributed by atoms with van der Waals surface area (Å²) in [5.41, 5.74) is 0.796. The number of fused-ring (bicyclic) bond motifs is 1. The number of hydrogen-bond acceptors (Lipinski definition) is 6. The van der Waals surface area contributed by atoms with Crippen molar-refractivity contribution in [2.24, 2.45) is 11.8 Å². The average molecular weight is 599 g/mol. The molecule has 0 unspecified atom stereocenters. The third-order valence-corrected chi connectivity index (χ3v) is 7.64. The molecule has 2 saturated heterocycles. The Morgan fingerprint density at radius 2 is 1.28 bits per heavy atom. The molecule has 1 aromatic rings. The Bertz CT molecular complexity index is 1170. The van der Waals surface area contributed by atoms with Crippen LogP contribution >= 0.6 is 0 Å². The van der Waals surface area contributed by atoms with Crippen LogP contribution in [0.25, 0.3) is 0 Å². The largest absolute Gasteiger partial charge is 0.345 e. The first-order valence-electron chi connectivity index (χ1n) is 15.2. The van der Waals surface area contributed by atoms with Crippen LogP contribution in [0.2, 0.25) is 0 Å². The van der Waals surface area contributed by atoms with Gasteiger partial charge in [-0.3, -0.25) is 28.8 Å². The van der Waals surface area contributed by atoms with Crippen LogP contribution in [0.5, 0.6) is 0 Å². The van der Waals surface area contributed by atoms with Gasteiger partial charge in [0.2, 0.25) is 35.4 Å². The van der Waals surface area contributed by atoms with Gasteiger partial charge in [-0.2, -0.15) is 0 Å². The van der Waals surface area contributed by atoms with Crippen LogP contribution < -0.4 is 26.6 Å². The first kappa shape index (κ1) is 33.5. The predicted octanol–water partition coefficient (Wildman–Crippen LogP) is 0.401. The zero-order valence-electron chi connectivity index (χ0n) is 25.8. The third-order valence-electron chi connectivity index (χ3n) is 7.64. The molecule has 0 radical (unpaired) electrons. The molecule has 12 nitrogen and oxygen atoms in total. The van der Waals surface area contributed by atoms with E-state index in [9.17, 15) is 28.8 Å². The maximum atomic E-state index is 13.5. The molecular weight excluding hydrogens is 552 g/mol. The minimum atomic E-state index is -1.03. The summed E-state index contributed by atoms with van der Waals surface area (Å²) in [6.07, 6.45) is 1.79. The Labute approximate surface area is 253 Å². The highest BCUT2D eigenvalue weighted by atomic mass is 16.2. The van der Waals surface area contributed by atoms with Crippen LogP contribution in [-0.2, 0) is 35.2 Å². The van der Waals surface area contributed by atoms with E-state index in [-0.39, 0.29) is 24.8 Å². The predicted molar refractivity (Wildman–Crippen MR) is 160 cm³/mol. The molecule has 2 heterocycles. The fourth-order valence-electron chi connectivity index (χ4n) is 5.41. The van der Waals surface area contributed by atoms with Crippen molar-refractivity contribution < 1.29 is 28.8 Å². The monoisotopic (exact) mass is 598 g/mol. The second-order valence-electron chi connectivity index (χ2n) is 12.3. The molecule has 2 aliphatic rings. The van der Waals surface area contributed by atoms with Crippen molar-refractivity contribution in [2.75, 3.05) is 13.1 Å². The summed E-state index contributed by atoms with van der Waals surface area (Å²) in [5, 5.41) is 13.6. The van der Waals surface area contributed by atoms with Crippen molar-refractivity contribution in [2.45, 2.75) is 96.9 Å². The van der Waals surface area contributed by atoms with Gasteiger partial charge in [0.05, 0.1) is 6.54 Å². The van der Waals surface area contributed by atoms with Crippen molar-refractivity contribution in [1.29, 1.82) is 0 Å². The van der Waals surface area contributed by atoms with Gasteiger partial charge in [-0.15, -0.1) is 0 Å². The van der Waals surface area contributed by atoms with Gasteiger partial charge in [-0.05, 0) is 50.0 Å². The van der Waals surface area contributed by atoms with Crippen molar-refractivity contribution in [1.82, 2.24) is 31.5 Å². The zero-order valence-corrected chi connectivity index (χ0v) is 25.8. The molecule has 236 valence electrons. The number of nitrogens with zero attached hydrogens (tertiary/aromatic N) is 1. The summed E-state index contributed by atoms with van der Waals surface area (Å²) in [6.45, 7) is 9.12. The second kappa shape index (κ2) is 15.5. The lowest BCUT2D eigenvalue weighted by Crippen LogP contribution is -2.60. The summed E-state index contributed by atoms with van der Waals surface area (Å²) in [4.78, 5) is 81.3. The van der Waals surface area contributed by atoms with Crippen LogP contribution in [-0.4, -0.2) is 83.6 Å². The normalized spacial score (nSPS) is 26.6. The molecule has 43 heavy (non-hydrogen) atoms. The number of amides is 6. The molecule has 12 heteroatoms. The van der Waals surface area contributed by atoms with Gasteiger partial charge in [-0.25, -0.2) is 0 Å². The molecule has 0 aliphatic carbocycles. The van der Waals surface area contributed by atoms with Crippen molar-refractivity contribution in [3.8, 4) is 0 Å². The number of carbonyl (C=O) groups excluding carboxylic acids is 6. The highest BCUT2D eigenvalue weighted by Gasteiger charge is 2.37. The van der Waals surface area contributed by atoms with E-state index >= 15 is 0 Å². The molecule has 5 N–H and O–H groups in total. The standard InChI is InChI=1S/C31H46N6O6/c1-18(2)14-22-29(41)33-20(5)27(39)34-23(15-19(3)4)30(42)35-24(16-21-10-7-6-8-11-21)28(40)32-17-26(38)37-13-9-12-25(37)31(43)36-22/h6-8,10-11,18-20,22-25H,9,12-17H2,1-5H3,(H,32,40)(H,33,41)(H,34,39)(H,35,42)(H,36,43)/t20-,22-,23-,24-,25-/m0/s1. The minimum Gasteiger partial charge on any atom is -0.345 e. The minimum absolute atomic E-state index is 0.0249. The molecule has 1 aromatic carbocycles. The molecule has 0 saturated carbocycles. The molecule has 0 bridgehead atoms. The van der Waals surface area contributed by atoms with Crippen molar-refractivity contribution in [3.63, 3.8) is 0 Å². The van der Waals surface area contributed by atoms with Gasteiger partial charge < -0.3 is 31.5 Å². The van der Waals surface area contributed by atoms with E-state index in [1.54, 1.807) is 0 Å². The quantitative estimate of drug-likeness (QED) is 0.318. The van der Waals surface area contributed by atoms with Crippen molar-refractivity contribution >= 4 is 35.4 Å². The van der Waals surface area contributed by atoms with E-state index in [0.29, 0.717) is 32.2 Å². The number of hydrogen-bond donors (Lipinski definition) is 5. The maximum absolute atomic E-state index is 13.5. The van der Waals surface area contributed by atoms with Gasteiger partial charge in [-0.1, -0.05) is 58.0 Å². The van der Waals surface area contributed by atoms with E-state index in [4.69, 9.17) is 0 Å². The molecular formula is C31H46N6O6. The van der Waals surface area contributed by atoms with Gasteiger partial charge in [0, 0.05) is 13.0 Å². The molecule has 0 aromatic heterocycles. The van der Waals surface area contributed by atoms with E-state index in [2.05, 4.69) is 26.6 Å². The molecule has 3 rings (SSSR count). The van der Waals surface area contributed by atoms with Crippen LogP contribution in [0, 0.1) is 11.8 Å². The Morgan fingerprint density at radius 3 is 1.88 bits per heavy atom. The Hall–Kier alpha value is -3.96. The van der Waals surface area contributed by atoms with Gasteiger partial charge in [0.25, 0.3) is 0 Å². The molecule has 0 spiro atoms. The smallest absolute Gasteiger partial charge is 0.243 e. The number of nitrogens with one attached hydrogen (secondary N) is 5. The summed E-state index contributed by atoms with van der Waals surface area (Å²) < 4.78 is 0. The van der Waals surface area contributed by atoms with E-state index in [1.165, 1.54) is 11.8 Å². The van der Waals surface area contributed by atoms with Gasteiger partial charge in [0.1, 0.15) is 30.2 Å². The Balaban J connectivity index is 1.93. The van der Waals surface area contributed by atoms with Crippen LogP contribution in [0.4, 0.5) is 0 Å². The highest BCUT2D eigenvalue weighted by Crippen LogP contribution is 2.18. The summed E-state index contributed by atoms with van der Waals surface area (Å²) in [6, 6.07) is 4.41. The van der Waals surface area contributed by atoms with Crippen LogP contribution in [0.15, 0.2) is 30.3 Å². The summed E-state index contributed by atoms with van der Waals surface area (Å²) in [5.74, 6) is -3.01.